The highest BCUT2D eigenvalue weighted by molar-refractivity contribution is 7.91. The van der Waals surface area contributed by atoms with Crippen LogP contribution in [0.2, 0.25) is 0 Å². The lowest BCUT2D eigenvalue weighted by Crippen LogP contribution is -2.54. The lowest BCUT2D eigenvalue weighted by molar-refractivity contribution is -0.161. The number of alkyl halides is 3. The highest BCUT2D eigenvalue weighted by Gasteiger charge is 2.58. The zero-order chi connectivity index (χ0) is 26.0. The molecule has 3 heterocycles. The molecule has 1 fully saturated rings. The van der Waals surface area contributed by atoms with Gasteiger partial charge >= 0.3 is 6.18 Å². The Morgan fingerprint density at radius 2 is 1.83 bits per heavy atom. The van der Waals surface area contributed by atoms with E-state index in [1.54, 1.807) is 30.3 Å². The summed E-state index contributed by atoms with van der Waals surface area (Å²) in [5.41, 5.74) is 2.77. The number of benzene rings is 2. The van der Waals surface area contributed by atoms with Gasteiger partial charge in [-0.15, -0.1) is 0 Å². The number of halogens is 3. The maximum Gasteiger partial charge on any atom is 0.406 e. The molecule has 36 heavy (non-hydrogen) atoms. The largest absolute Gasteiger partial charge is 0.494 e. The van der Waals surface area contributed by atoms with Crippen LogP contribution in [0.3, 0.4) is 0 Å². The molecule has 3 unspecified atom stereocenters. The van der Waals surface area contributed by atoms with Crippen molar-refractivity contribution in [1.29, 1.82) is 0 Å². The van der Waals surface area contributed by atoms with Crippen LogP contribution < -0.4 is 15.5 Å². The molecule has 3 atom stereocenters. The molecule has 3 aromatic rings. The number of nitrogens with one attached hydrogen (secondary N) is 2. The van der Waals surface area contributed by atoms with E-state index in [1.807, 2.05) is 0 Å². The van der Waals surface area contributed by atoms with Gasteiger partial charge in [0.2, 0.25) is 5.89 Å². The number of hydrazine groups is 1. The van der Waals surface area contributed by atoms with E-state index in [9.17, 15) is 26.4 Å². The van der Waals surface area contributed by atoms with Crippen LogP contribution >= 0.6 is 0 Å². The molecule has 2 N–H and O–H groups in total. The first-order valence-electron chi connectivity index (χ1n) is 10.8. The van der Waals surface area contributed by atoms with Crippen LogP contribution in [0.1, 0.15) is 24.3 Å². The highest BCUT2D eigenvalue weighted by Crippen LogP contribution is 2.43. The number of amides is 1. The standard InChI is InChI=1S/C23H21F3N4O5S/c1-11-15(21-28-17-13(34-2)9-10-14(18(17)35-21)36(3,32)33)22(31)30-20(27-11)16(12-7-5-4-6-8-12)19(29-30)23(24,25)26/h4-10,16,19-20,27,29H,1-3H3. The van der Waals surface area contributed by atoms with E-state index in [-0.39, 0.29) is 38.9 Å². The summed E-state index contributed by atoms with van der Waals surface area (Å²) in [5.74, 6) is -1.97. The zero-order valence-corrected chi connectivity index (χ0v) is 20.1. The fourth-order valence-electron chi connectivity index (χ4n) is 4.67. The third-order valence-corrected chi connectivity index (χ3v) is 7.39. The molecular weight excluding hydrogens is 501 g/mol. The van der Waals surface area contributed by atoms with E-state index >= 15 is 0 Å². The van der Waals surface area contributed by atoms with Crippen molar-refractivity contribution in [2.75, 3.05) is 13.4 Å². The summed E-state index contributed by atoms with van der Waals surface area (Å²) >= 11 is 0. The van der Waals surface area contributed by atoms with E-state index in [0.717, 1.165) is 11.3 Å². The molecule has 0 bridgehead atoms. The molecule has 0 spiro atoms. The Bertz CT molecular complexity index is 1500. The van der Waals surface area contributed by atoms with Crippen LogP contribution in [0.4, 0.5) is 13.2 Å². The third kappa shape index (κ3) is 3.78. The van der Waals surface area contributed by atoms with Crippen molar-refractivity contribution in [2.45, 2.75) is 36.1 Å². The first-order valence-corrected chi connectivity index (χ1v) is 12.7. The van der Waals surface area contributed by atoms with Gasteiger partial charge < -0.3 is 14.5 Å². The summed E-state index contributed by atoms with van der Waals surface area (Å²) in [5, 5.41) is 3.89. The Labute approximate surface area is 203 Å². The van der Waals surface area contributed by atoms with E-state index in [0.29, 0.717) is 5.56 Å². The summed E-state index contributed by atoms with van der Waals surface area (Å²) in [6, 6.07) is 8.79. The third-order valence-electron chi connectivity index (χ3n) is 6.27. The van der Waals surface area contributed by atoms with Crippen LogP contribution in [-0.2, 0) is 14.6 Å². The average molecular weight is 523 g/mol. The van der Waals surface area contributed by atoms with Gasteiger partial charge in [-0.2, -0.15) is 13.2 Å². The molecule has 0 saturated carbocycles. The van der Waals surface area contributed by atoms with Crippen molar-refractivity contribution in [3.63, 3.8) is 0 Å². The number of nitrogens with zero attached hydrogens (tertiary/aromatic N) is 2. The SMILES string of the molecule is COc1ccc(S(C)(=O)=O)c2oc(C3=C(C)NC4C(c5ccccc5)C(C(F)(F)F)NN4C3=O)nc12. The summed E-state index contributed by atoms with van der Waals surface area (Å²) in [6.07, 6.45) is -4.70. The summed E-state index contributed by atoms with van der Waals surface area (Å²) in [7, 11) is -2.37. The number of aromatic nitrogens is 1. The van der Waals surface area contributed by atoms with Crippen molar-refractivity contribution in [1.82, 2.24) is 20.7 Å². The Morgan fingerprint density at radius 1 is 1.14 bits per heavy atom. The predicted molar refractivity (Wildman–Crippen MR) is 122 cm³/mol. The molecule has 5 rings (SSSR count). The van der Waals surface area contributed by atoms with E-state index in [2.05, 4.69) is 15.7 Å². The van der Waals surface area contributed by atoms with Gasteiger partial charge in [-0.3, -0.25) is 4.79 Å². The number of carbonyl (C=O) groups excluding carboxylic acids is 1. The number of fused-ring (bicyclic) bond motifs is 2. The van der Waals surface area contributed by atoms with E-state index < -0.39 is 40.0 Å². The number of oxazole rings is 1. The molecule has 2 aliphatic heterocycles. The van der Waals surface area contributed by atoms with Crippen LogP contribution in [0.5, 0.6) is 5.75 Å². The quantitative estimate of drug-likeness (QED) is 0.538. The van der Waals surface area contributed by atoms with Gasteiger partial charge in [0.25, 0.3) is 5.91 Å². The first kappa shape index (κ1) is 24.1. The first-order chi connectivity index (χ1) is 16.9. The predicted octanol–water partition coefficient (Wildman–Crippen LogP) is 2.96. The number of hydrogen-bond donors (Lipinski definition) is 2. The molecule has 0 aliphatic carbocycles. The number of hydrogen-bond acceptors (Lipinski definition) is 8. The molecule has 0 radical (unpaired) electrons. The monoisotopic (exact) mass is 522 g/mol. The number of methoxy groups -OCH3 is 1. The molecule has 190 valence electrons. The van der Waals surface area contributed by atoms with Crippen molar-refractivity contribution >= 4 is 32.4 Å². The number of sulfone groups is 1. The fourth-order valence-corrected chi connectivity index (χ4v) is 5.46. The lowest BCUT2D eigenvalue weighted by Gasteiger charge is -2.34. The molecule has 9 nitrogen and oxygen atoms in total. The Balaban J connectivity index is 1.63. The zero-order valence-electron chi connectivity index (χ0n) is 19.3. The van der Waals surface area contributed by atoms with Crippen molar-refractivity contribution in [3.8, 4) is 5.75 Å². The molecule has 1 amide bonds. The molecule has 2 aliphatic rings. The van der Waals surface area contributed by atoms with Crippen LogP contribution in [-0.4, -0.2) is 56.1 Å². The summed E-state index contributed by atoms with van der Waals surface area (Å²) < 4.78 is 77.6. The van der Waals surface area contributed by atoms with E-state index in [4.69, 9.17) is 9.15 Å². The normalized spacial score (nSPS) is 22.7. The van der Waals surface area contributed by atoms with Crippen LogP contribution in [0.15, 0.2) is 57.5 Å². The molecule has 13 heteroatoms. The minimum atomic E-state index is -4.65. The van der Waals surface area contributed by atoms with Crippen molar-refractivity contribution in [2.24, 2.45) is 0 Å². The Morgan fingerprint density at radius 3 is 2.44 bits per heavy atom. The number of ether oxygens (including phenoxy) is 1. The lowest BCUT2D eigenvalue weighted by atomic mass is 9.89. The van der Waals surface area contributed by atoms with Crippen LogP contribution in [0, 0.1) is 0 Å². The average Bonchev–Trinajstić information content (AvgIpc) is 3.40. The van der Waals surface area contributed by atoms with Gasteiger partial charge in [0, 0.05) is 12.0 Å². The minimum absolute atomic E-state index is 0.0651. The molecule has 2 aromatic carbocycles. The van der Waals surface area contributed by atoms with Crippen LogP contribution in [0.25, 0.3) is 16.7 Å². The Kier molecular flexibility index (Phi) is 5.52. The van der Waals surface area contributed by atoms with Crippen molar-refractivity contribution < 1.29 is 35.5 Å². The summed E-state index contributed by atoms with van der Waals surface area (Å²) in [6.45, 7) is 1.52. The second kappa shape index (κ2) is 8.23. The highest BCUT2D eigenvalue weighted by atomic mass is 32.2. The minimum Gasteiger partial charge on any atom is -0.494 e. The summed E-state index contributed by atoms with van der Waals surface area (Å²) in [4.78, 5) is 17.7. The fraction of sp³-hybridized carbons (Fsp3) is 0.304. The second-order valence-corrected chi connectivity index (χ2v) is 10.6. The Hall–Kier alpha value is -3.58. The van der Waals surface area contributed by atoms with Gasteiger partial charge in [-0.05, 0) is 24.6 Å². The van der Waals surface area contributed by atoms with Gasteiger partial charge in [0.05, 0.1) is 13.0 Å². The topological polar surface area (TPSA) is 114 Å². The number of rotatable bonds is 4. The number of carbonyl (C=O) groups is 1. The molecule has 1 saturated heterocycles. The maximum atomic E-state index is 14.0. The molecular formula is C23H21F3N4O5S. The van der Waals surface area contributed by atoms with Gasteiger partial charge in [0.1, 0.15) is 28.4 Å². The smallest absolute Gasteiger partial charge is 0.406 e. The molecule has 1 aromatic heterocycles. The van der Waals surface area contributed by atoms with Gasteiger partial charge in [0.15, 0.2) is 20.9 Å². The number of allylic oxidation sites excluding steroid dienone is 1. The van der Waals surface area contributed by atoms with Gasteiger partial charge in [-0.1, -0.05) is 30.3 Å². The second-order valence-electron chi connectivity index (χ2n) is 8.58. The van der Waals surface area contributed by atoms with Gasteiger partial charge in [-0.25, -0.2) is 23.8 Å². The van der Waals surface area contributed by atoms with E-state index in [1.165, 1.54) is 26.2 Å². The maximum absolute atomic E-state index is 14.0. The van der Waals surface area contributed by atoms with Crippen molar-refractivity contribution in [3.05, 3.63) is 59.6 Å².